The molecule has 0 fully saturated rings. The van der Waals surface area contributed by atoms with Crippen molar-refractivity contribution in [1.29, 1.82) is 0 Å². The van der Waals surface area contributed by atoms with Crippen LogP contribution in [0.25, 0.3) is 0 Å². The zero-order valence-electron chi connectivity index (χ0n) is 9.68. The number of carboxylic acid groups (broad SMARTS) is 1. The quantitative estimate of drug-likeness (QED) is 0.620. The van der Waals surface area contributed by atoms with Gasteiger partial charge in [0.1, 0.15) is 6.20 Å². The molecule has 1 unspecified atom stereocenters. The van der Waals surface area contributed by atoms with Crippen molar-refractivity contribution in [2.45, 2.75) is 6.04 Å². The number of carboxylic acids is 1. The lowest BCUT2D eigenvalue weighted by Gasteiger charge is -2.10. The van der Waals surface area contributed by atoms with Crippen LogP contribution in [-0.4, -0.2) is 30.8 Å². The van der Waals surface area contributed by atoms with Crippen LogP contribution < -0.4 is 5.32 Å². The number of rotatable bonds is 5. The molecule has 19 heavy (non-hydrogen) atoms. The van der Waals surface area contributed by atoms with Crippen LogP contribution in [0.5, 0.6) is 0 Å². The van der Waals surface area contributed by atoms with E-state index in [1.165, 1.54) is 10.9 Å². The standard InChI is InChI=1S/C9H9N5O4S/c1-13-4-5(2-11-13)7(8(15)16)12-9-10-3-6(19-9)14(17)18/h2-4,7H,1H3,(H,10,12)(H,15,16). The summed E-state index contributed by atoms with van der Waals surface area (Å²) in [5.41, 5.74) is 0.438. The van der Waals surface area contributed by atoms with Crippen molar-refractivity contribution in [2.24, 2.45) is 7.05 Å². The van der Waals surface area contributed by atoms with Gasteiger partial charge in [-0.2, -0.15) is 5.10 Å². The Hall–Kier alpha value is -2.49. The van der Waals surface area contributed by atoms with E-state index in [1.54, 1.807) is 13.2 Å². The van der Waals surface area contributed by atoms with Gasteiger partial charge in [-0.1, -0.05) is 0 Å². The van der Waals surface area contributed by atoms with Gasteiger partial charge in [0.2, 0.25) is 0 Å². The molecule has 0 bridgehead atoms. The monoisotopic (exact) mass is 283 g/mol. The maximum Gasteiger partial charge on any atom is 0.345 e. The van der Waals surface area contributed by atoms with Gasteiger partial charge in [-0.05, 0) is 11.3 Å². The highest BCUT2D eigenvalue weighted by atomic mass is 32.1. The predicted octanol–water partition coefficient (Wildman–Crippen LogP) is 1.02. The zero-order valence-corrected chi connectivity index (χ0v) is 10.5. The lowest BCUT2D eigenvalue weighted by atomic mass is 10.2. The molecule has 2 heterocycles. The van der Waals surface area contributed by atoms with E-state index < -0.39 is 16.9 Å². The summed E-state index contributed by atoms with van der Waals surface area (Å²) in [6.07, 6.45) is 4.04. The number of nitrogens with one attached hydrogen (secondary N) is 1. The summed E-state index contributed by atoms with van der Waals surface area (Å²) in [7, 11) is 1.66. The number of thiazole rings is 1. The summed E-state index contributed by atoms with van der Waals surface area (Å²) in [6.45, 7) is 0. The molecule has 2 aromatic rings. The number of anilines is 1. The topological polar surface area (TPSA) is 123 Å². The summed E-state index contributed by atoms with van der Waals surface area (Å²) >= 11 is 0.776. The minimum atomic E-state index is -1.12. The Bertz CT molecular complexity index is 622. The highest BCUT2D eigenvalue weighted by Gasteiger charge is 2.23. The van der Waals surface area contributed by atoms with E-state index in [4.69, 9.17) is 5.11 Å². The molecule has 2 rings (SSSR count). The second-order valence-corrected chi connectivity index (χ2v) is 4.63. The molecule has 0 saturated carbocycles. The van der Waals surface area contributed by atoms with Crippen LogP contribution in [0, 0.1) is 10.1 Å². The first-order valence-electron chi connectivity index (χ1n) is 5.05. The molecule has 100 valence electrons. The number of aliphatic carboxylic acids is 1. The molecule has 0 radical (unpaired) electrons. The molecular weight excluding hydrogens is 274 g/mol. The first-order chi connectivity index (χ1) is 8.97. The van der Waals surface area contributed by atoms with Gasteiger partial charge in [0.15, 0.2) is 11.2 Å². The summed E-state index contributed by atoms with van der Waals surface area (Å²) in [5, 5.41) is 26.2. The Morgan fingerprint density at radius 3 is 2.84 bits per heavy atom. The van der Waals surface area contributed by atoms with E-state index in [2.05, 4.69) is 15.4 Å². The highest BCUT2D eigenvalue weighted by molar-refractivity contribution is 7.18. The molecule has 2 aromatic heterocycles. The lowest BCUT2D eigenvalue weighted by molar-refractivity contribution is -0.380. The minimum absolute atomic E-state index is 0.155. The molecule has 1 atom stereocenters. The number of aromatic nitrogens is 3. The molecule has 0 aromatic carbocycles. The van der Waals surface area contributed by atoms with Crippen LogP contribution in [0.4, 0.5) is 10.1 Å². The van der Waals surface area contributed by atoms with Crippen molar-refractivity contribution < 1.29 is 14.8 Å². The second-order valence-electron chi connectivity index (χ2n) is 3.62. The van der Waals surface area contributed by atoms with Crippen molar-refractivity contribution in [2.75, 3.05) is 5.32 Å². The third-order valence-electron chi connectivity index (χ3n) is 2.25. The number of carbonyl (C=O) groups is 1. The van der Waals surface area contributed by atoms with Crippen LogP contribution in [0.15, 0.2) is 18.6 Å². The first-order valence-corrected chi connectivity index (χ1v) is 5.87. The van der Waals surface area contributed by atoms with Crippen molar-refractivity contribution >= 4 is 27.4 Å². The Balaban J connectivity index is 2.21. The average Bonchev–Trinajstić information content (AvgIpc) is 2.94. The molecule has 0 aliphatic rings. The minimum Gasteiger partial charge on any atom is -0.479 e. The van der Waals surface area contributed by atoms with E-state index in [9.17, 15) is 14.9 Å². The predicted molar refractivity (Wildman–Crippen MR) is 66.0 cm³/mol. The van der Waals surface area contributed by atoms with Gasteiger partial charge in [-0.25, -0.2) is 9.78 Å². The van der Waals surface area contributed by atoms with Crippen LogP contribution in [0.2, 0.25) is 0 Å². The van der Waals surface area contributed by atoms with Gasteiger partial charge in [-0.3, -0.25) is 14.8 Å². The van der Waals surface area contributed by atoms with Crippen LogP contribution >= 0.6 is 11.3 Å². The van der Waals surface area contributed by atoms with E-state index in [0.717, 1.165) is 17.5 Å². The lowest BCUT2D eigenvalue weighted by Crippen LogP contribution is -2.19. The van der Waals surface area contributed by atoms with E-state index in [1.807, 2.05) is 0 Å². The van der Waals surface area contributed by atoms with Crippen LogP contribution in [0.3, 0.4) is 0 Å². The second kappa shape index (κ2) is 5.02. The third-order valence-corrected chi connectivity index (χ3v) is 3.13. The fraction of sp³-hybridized carbons (Fsp3) is 0.222. The molecule has 0 spiro atoms. The molecule has 10 heteroatoms. The third kappa shape index (κ3) is 2.85. The summed E-state index contributed by atoms with van der Waals surface area (Å²) in [4.78, 5) is 24.9. The fourth-order valence-electron chi connectivity index (χ4n) is 1.42. The number of nitro groups is 1. The van der Waals surface area contributed by atoms with E-state index in [-0.39, 0.29) is 10.1 Å². The smallest absolute Gasteiger partial charge is 0.345 e. The number of hydrogen-bond donors (Lipinski definition) is 2. The van der Waals surface area contributed by atoms with E-state index in [0.29, 0.717) is 5.56 Å². The van der Waals surface area contributed by atoms with Crippen molar-refractivity contribution in [3.8, 4) is 0 Å². The van der Waals surface area contributed by atoms with Crippen molar-refractivity contribution in [3.05, 3.63) is 34.3 Å². The fourth-order valence-corrected chi connectivity index (χ4v) is 2.08. The Morgan fingerprint density at radius 2 is 2.37 bits per heavy atom. The molecular formula is C9H9N5O4S. The Labute approximate surface area is 110 Å². The van der Waals surface area contributed by atoms with E-state index >= 15 is 0 Å². The molecule has 2 N–H and O–H groups in total. The summed E-state index contributed by atoms with van der Waals surface area (Å²) in [6, 6.07) is -1.06. The van der Waals surface area contributed by atoms with Gasteiger partial charge in [0.05, 0.1) is 11.1 Å². The Kier molecular flexibility index (Phi) is 3.42. The maximum absolute atomic E-state index is 11.2. The van der Waals surface area contributed by atoms with Crippen molar-refractivity contribution in [1.82, 2.24) is 14.8 Å². The SMILES string of the molecule is Cn1cc(C(Nc2ncc([N+](=O)[O-])s2)C(=O)O)cn1. The van der Waals surface area contributed by atoms with Crippen LogP contribution in [-0.2, 0) is 11.8 Å². The highest BCUT2D eigenvalue weighted by Crippen LogP contribution is 2.28. The zero-order chi connectivity index (χ0) is 14.0. The van der Waals surface area contributed by atoms with Crippen LogP contribution in [0.1, 0.15) is 11.6 Å². The molecule has 0 aliphatic heterocycles. The number of aryl methyl sites for hydroxylation is 1. The normalized spacial score (nSPS) is 12.1. The van der Waals surface area contributed by atoms with Gasteiger partial charge in [0, 0.05) is 18.8 Å². The molecule has 0 saturated heterocycles. The average molecular weight is 283 g/mol. The first kappa shape index (κ1) is 13.0. The number of nitrogens with zero attached hydrogens (tertiary/aromatic N) is 4. The van der Waals surface area contributed by atoms with Gasteiger partial charge in [-0.15, -0.1) is 0 Å². The largest absolute Gasteiger partial charge is 0.479 e. The summed E-state index contributed by atoms with van der Waals surface area (Å²) < 4.78 is 1.47. The summed E-state index contributed by atoms with van der Waals surface area (Å²) in [5.74, 6) is -1.12. The maximum atomic E-state index is 11.2. The Morgan fingerprint density at radius 1 is 1.63 bits per heavy atom. The molecule has 0 amide bonds. The molecule has 0 aliphatic carbocycles. The van der Waals surface area contributed by atoms with Gasteiger partial charge < -0.3 is 10.4 Å². The number of hydrogen-bond acceptors (Lipinski definition) is 7. The van der Waals surface area contributed by atoms with Gasteiger partial charge >= 0.3 is 11.0 Å². The molecule has 9 nitrogen and oxygen atoms in total. The van der Waals surface area contributed by atoms with Gasteiger partial charge in [0.25, 0.3) is 0 Å². The van der Waals surface area contributed by atoms with Crippen molar-refractivity contribution in [3.63, 3.8) is 0 Å².